The van der Waals surface area contributed by atoms with Crippen LogP contribution in [0.3, 0.4) is 0 Å². The zero-order valence-corrected chi connectivity index (χ0v) is 6.84. The molecular formula is C8H8N2O2. The fraction of sp³-hybridized carbons (Fsp3) is 0.250. The molecule has 1 N–H and O–H groups in total. The Kier molecular flexibility index (Phi) is 2.15. The second kappa shape index (κ2) is 3.09. The summed E-state index contributed by atoms with van der Waals surface area (Å²) in [6.45, 7) is 3.51. The predicted octanol–water partition coefficient (Wildman–Crippen LogP) is 1.34. The number of anilines is 1. The van der Waals surface area contributed by atoms with E-state index < -0.39 is 0 Å². The molecule has 0 unspecified atom stereocenters. The largest absolute Gasteiger partial charge is 0.444 e. The van der Waals surface area contributed by atoms with E-state index >= 15 is 0 Å². The van der Waals surface area contributed by atoms with Crippen LogP contribution in [0, 0.1) is 25.2 Å². The molecule has 0 radical (unpaired) electrons. The summed E-state index contributed by atoms with van der Waals surface area (Å²) in [7, 11) is 0. The summed E-state index contributed by atoms with van der Waals surface area (Å²) in [5.74, 6) is 0.874. The fourth-order valence-corrected chi connectivity index (χ4v) is 0.917. The van der Waals surface area contributed by atoms with Gasteiger partial charge in [0.05, 0.1) is 0 Å². The second-order valence-corrected chi connectivity index (χ2v) is 2.36. The minimum absolute atomic E-state index is 0.225. The molecule has 1 heterocycles. The van der Waals surface area contributed by atoms with Crippen LogP contribution in [-0.2, 0) is 4.79 Å². The maximum absolute atomic E-state index is 10.1. The number of nitriles is 1. The molecule has 62 valence electrons. The third-order valence-corrected chi connectivity index (χ3v) is 1.69. The second-order valence-electron chi connectivity index (χ2n) is 2.36. The molecule has 0 atom stereocenters. The number of rotatable bonds is 2. The molecule has 0 spiro atoms. The highest BCUT2D eigenvalue weighted by molar-refractivity contribution is 5.72. The van der Waals surface area contributed by atoms with Gasteiger partial charge in [-0.3, -0.25) is 10.1 Å². The van der Waals surface area contributed by atoms with Crippen molar-refractivity contribution in [1.29, 1.82) is 5.26 Å². The number of nitrogens with zero attached hydrogens (tertiary/aromatic N) is 1. The Balaban J connectivity index is 3.21. The Morgan fingerprint density at radius 1 is 1.58 bits per heavy atom. The van der Waals surface area contributed by atoms with Gasteiger partial charge >= 0.3 is 0 Å². The summed E-state index contributed by atoms with van der Waals surface area (Å²) in [5.41, 5.74) is 1.15. The summed E-state index contributed by atoms with van der Waals surface area (Å²) >= 11 is 0. The van der Waals surface area contributed by atoms with Crippen molar-refractivity contribution in [3.8, 4) is 6.07 Å². The zero-order chi connectivity index (χ0) is 9.14. The van der Waals surface area contributed by atoms with Gasteiger partial charge in [0.1, 0.15) is 17.4 Å². The molecule has 0 saturated heterocycles. The topological polar surface area (TPSA) is 66.0 Å². The fourth-order valence-electron chi connectivity index (χ4n) is 0.917. The van der Waals surface area contributed by atoms with E-state index in [1.165, 1.54) is 0 Å². The number of nitrogens with one attached hydrogen (secondary N) is 1. The lowest BCUT2D eigenvalue weighted by atomic mass is 10.2. The van der Waals surface area contributed by atoms with E-state index in [4.69, 9.17) is 9.68 Å². The average molecular weight is 164 g/mol. The van der Waals surface area contributed by atoms with Crippen molar-refractivity contribution in [3.63, 3.8) is 0 Å². The van der Waals surface area contributed by atoms with Crippen molar-refractivity contribution >= 4 is 12.3 Å². The third-order valence-electron chi connectivity index (χ3n) is 1.69. The van der Waals surface area contributed by atoms with Crippen LogP contribution in [0.1, 0.15) is 16.9 Å². The Morgan fingerprint density at radius 2 is 2.25 bits per heavy atom. The number of aryl methyl sites for hydroxylation is 1. The molecule has 0 fully saturated rings. The van der Waals surface area contributed by atoms with Crippen LogP contribution in [0.4, 0.5) is 5.88 Å². The molecule has 4 nitrogen and oxygen atoms in total. The highest BCUT2D eigenvalue weighted by Crippen LogP contribution is 2.24. The lowest BCUT2D eigenvalue weighted by molar-refractivity contribution is -0.105. The first kappa shape index (κ1) is 8.34. The van der Waals surface area contributed by atoms with Crippen molar-refractivity contribution in [2.45, 2.75) is 13.8 Å². The zero-order valence-electron chi connectivity index (χ0n) is 6.84. The molecule has 1 aromatic heterocycles. The molecule has 0 aliphatic rings. The van der Waals surface area contributed by atoms with E-state index in [-0.39, 0.29) is 5.88 Å². The number of hydrogen-bond acceptors (Lipinski definition) is 3. The lowest BCUT2D eigenvalue weighted by Crippen LogP contribution is -1.93. The number of furan rings is 1. The normalized spacial score (nSPS) is 9.08. The molecule has 0 bridgehead atoms. The predicted molar refractivity (Wildman–Crippen MR) is 42.6 cm³/mol. The molecule has 1 aromatic rings. The van der Waals surface area contributed by atoms with Gasteiger partial charge in [-0.15, -0.1) is 0 Å². The molecule has 12 heavy (non-hydrogen) atoms. The monoisotopic (exact) mass is 164 g/mol. The summed E-state index contributed by atoms with van der Waals surface area (Å²) < 4.78 is 5.11. The summed E-state index contributed by atoms with van der Waals surface area (Å²) in [5, 5.41) is 11.0. The van der Waals surface area contributed by atoms with Crippen LogP contribution in [0.2, 0.25) is 0 Å². The number of carbonyl (C=O) groups excluding carboxylic acids is 1. The minimum Gasteiger partial charge on any atom is -0.444 e. The van der Waals surface area contributed by atoms with Crippen molar-refractivity contribution in [2.75, 3.05) is 5.32 Å². The smallest absolute Gasteiger partial charge is 0.217 e. The highest BCUT2D eigenvalue weighted by Gasteiger charge is 2.12. The van der Waals surface area contributed by atoms with Crippen molar-refractivity contribution in [1.82, 2.24) is 0 Å². The van der Waals surface area contributed by atoms with Gasteiger partial charge in [-0.25, -0.2) is 0 Å². The van der Waals surface area contributed by atoms with E-state index in [1.807, 2.05) is 6.07 Å². The van der Waals surface area contributed by atoms with Crippen LogP contribution >= 0.6 is 0 Å². The summed E-state index contributed by atoms with van der Waals surface area (Å²) in [6, 6.07) is 1.95. The van der Waals surface area contributed by atoms with Gasteiger partial charge in [-0.1, -0.05) is 0 Å². The quantitative estimate of drug-likeness (QED) is 0.670. The maximum Gasteiger partial charge on any atom is 0.217 e. The Morgan fingerprint density at radius 3 is 2.75 bits per heavy atom. The third kappa shape index (κ3) is 1.17. The van der Waals surface area contributed by atoms with Crippen LogP contribution in [0.25, 0.3) is 0 Å². The first-order valence-corrected chi connectivity index (χ1v) is 3.41. The number of amides is 1. The van der Waals surface area contributed by atoms with Crippen LogP contribution in [0.5, 0.6) is 0 Å². The summed E-state index contributed by atoms with van der Waals surface area (Å²) in [4.78, 5) is 10.1. The van der Waals surface area contributed by atoms with Crippen LogP contribution in [0.15, 0.2) is 4.42 Å². The van der Waals surface area contributed by atoms with Gasteiger partial charge in [-0.05, 0) is 13.8 Å². The molecular weight excluding hydrogens is 156 g/mol. The first-order chi connectivity index (χ1) is 5.70. The molecule has 0 aliphatic heterocycles. The van der Waals surface area contributed by atoms with Crippen molar-refractivity contribution in [3.05, 3.63) is 16.9 Å². The van der Waals surface area contributed by atoms with E-state index in [0.717, 1.165) is 5.56 Å². The van der Waals surface area contributed by atoms with E-state index in [2.05, 4.69) is 5.32 Å². The lowest BCUT2D eigenvalue weighted by Gasteiger charge is -1.89. The van der Waals surface area contributed by atoms with Gasteiger partial charge in [0.25, 0.3) is 0 Å². The Bertz CT molecular complexity index is 347. The molecule has 4 heteroatoms. The summed E-state index contributed by atoms with van der Waals surface area (Å²) in [6.07, 6.45) is 0.485. The van der Waals surface area contributed by atoms with Gasteiger partial charge in [0, 0.05) is 5.56 Å². The Hall–Kier alpha value is -1.76. The van der Waals surface area contributed by atoms with Gasteiger partial charge in [0.15, 0.2) is 0 Å². The number of carbonyl (C=O) groups is 1. The number of hydrogen-bond donors (Lipinski definition) is 1. The molecule has 0 aliphatic carbocycles. The first-order valence-electron chi connectivity index (χ1n) is 3.41. The van der Waals surface area contributed by atoms with E-state index in [9.17, 15) is 4.79 Å². The average Bonchev–Trinajstić information content (AvgIpc) is 2.29. The van der Waals surface area contributed by atoms with E-state index in [0.29, 0.717) is 17.7 Å². The molecule has 1 amide bonds. The van der Waals surface area contributed by atoms with E-state index in [1.54, 1.807) is 13.8 Å². The van der Waals surface area contributed by atoms with Crippen LogP contribution in [-0.4, -0.2) is 6.41 Å². The molecule has 0 aromatic carbocycles. The minimum atomic E-state index is 0.225. The molecule has 1 rings (SSSR count). The van der Waals surface area contributed by atoms with Gasteiger partial charge in [-0.2, -0.15) is 5.26 Å². The van der Waals surface area contributed by atoms with Gasteiger partial charge in [0.2, 0.25) is 12.3 Å². The highest BCUT2D eigenvalue weighted by atomic mass is 16.4. The standard InChI is InChI=1S/C8H8N2O2/c1-5-6(2)12-8(10-4-11)7(5)3-9/h4H,1-2H3,(H,10,11). The SMILES string of the molecule is Cc1oc(NC=O)c(C#N)c1C. The molecule has 0 saturated carbocycles. The van der Waals surface area contributed by atoms with Crippen molar-refractivity contribution < 1.29 is 9.21 Å². The van der Waals surface area contributed by atoms with Gasteiger partial charge < -0.3 is 4.42 Å². The Labute approximate surface area is 69.8 Å². The van der Waals surface area contributed by atoms with Crippen molar-refractivity contribution in [2.24, 2.45) is 0 Å². The van der Waals surface area contributed by atoms with Crippen LogP contribution < -0.4 is 5.32 Å². The maximum atomic E-state index is 10.1.